The summed E-state index contributed by atoms with van der Waals surface area (Å²) in [6, 6.07) is 7.62. The minimum absolute atomic E-state index is 0.00435. The largest absolute Gasteiger partial charge is 0.462 e. The zero-order valence-electron chi connectivity index (χ0n) is 17.4. The van der Waals surface area contributed by atoms with Crippen LogP contribution in [0.1, 0.15) is 40.6 Å². The Morgan fingerprint density at radius 2 is 2.16 bits per heavy atom. The average Bonchev–Trinajstić information content (AvgIpc) is 3.38. The lowest BCUT2D eigenvalue weighted by Crippen LogP contribution is -2.28. The summed E-state index contributed by atoms with van der Waals surface area (Å²) in [7, 11) is 0. The number of esters is 1. The number of carbonyl (C=O) groups excluding carboxylic acids is 1. The van der Waals surface area contributed by atoms with Crippen molar-refractivity contribution in [3.8, 4) is 0 Å². The average molecular weight is 479 g/mol. The highest BCUT2D eigenvalue weighted by Gasteiger charge is 2.25. The number of aromatic nitrogens is 2. The van der Waals surface area contributed by atoms with Gasteiger partial charge in [-0.3, -0.25) is 9.36 Å². The molecule has 6 nitrogen and oxygen atoms in total. The van der Waals surface area contributed by atoms with Crippen molar-refractivity contribution in [2.75, 3.05) is 13.2 Å². The second-order valence-corrected chi connectivity index (χ2v) is 9.70. The van der Waals surface area contributed by atoms with Crippen molar-refractivity contribution in [3.63, 3.8) is 0 Å². The molecule has 1 aliphatic heterocycles. The maximum atomic E-state index is 13.5. The van der Waals surface area contributed by atoms with Crippen LogP contribution < -0.4 is 5.56 Å². The molecule has 31 heavy (non-hydrogen) atoms. The number of benzene rings is 1. The summed E-state index contributed by atoms with van der Waals surface area (Å²) in [6.45, 7) is 5.00. The van der Waals surface area contributed by atoms with Crippen molar-refractivity contribution in [3.05, 3.63) is 55.6 Å². The molecule has 0 radical (unpaired) electrons. The second-order valence-electron chi connectivity index (χ2n) is 7.32. The predicted molar refractivity (Wildman–Crippen MR) is 125 cm³/mol. The summed E-state index contributed by atoms with van der Waals surface area (Å²) < 4.78 is 12.6. The Balaban J connectivity index is 1.74. The first kappa shape index (κ1) is 22.3. The van der Waals surface area contributed by atoms with Crippen LogP contribution in [0.3, 0.4) is 0 Å². The van der Waals surface area contributed by atoms with Crippen molar-refractivity contribution in [1.29, 1.82) is 0 Å². The van der Waals surface area contributed by atoms with Crippen LogP contribution in [0, 0.1) is 6.92 Å². The van der Waals surface area contributed by atoms with Crippen LogP contribution in [-0.4, -0.2) is 34.8 Å². The van der Waals surface area contributed by atoms with Gasteiger partial charge in [-0.05, 0) is 49.9 Å². The zero-order valence-corrected chi connectivity index (χ0v) is 19.7. The van der Waals surface area contributed by atoms with E-state index in [0.29, 0.717) is 49.7 Å². The molecular weight excluding hydrogens is 456 g/mol. The first-order valence-corrected chi connectivity index (χ1v) is 12.4. The van der Waals surface area contributed by atoms with Crippen LogP contribution >= 0.6 is 34.7 Å². The van der Waals surface area contributed by atoms with E-state index in [1.807, 2.05) is 24.3 Å². The predicted octanol–water partition coefficient (Wildman–Crippen LogP) is 5.07. The van der Waals surface area contributed by atoms with Gasteiger partial charge < -0.3 is 9.47 Å². The molecular formula is C22H23ClN2O4S2. The standard InChI is InChI=1S/C22H23ClN2O4S2/c1-3-28-21(27)18-13(2)17-19(31-18)24-22(30-12-14-6-8-15(23)9-7-14)25(20(17)26)11-16-5-4-10-29-16/h6-9,16H,3-5,10-12H2,1-2H3/t16-/m0/s1. The first-order valence-electron chi connectivity index (χ1n) is 10.2. The van der Waals surface area contributed by atoms with E-state index in [1.54, 1.807) is 18.4 Å². The normalized spacial score (nSPS) is 16.2. The van der Waals surface area contributed by atoms with Crippen molar-refractivity contribution in [2.45, 2.75) is 50.2 Å². The first-order chi connectivity index (χ1) is 15.0. The van der Waals surface area contributed by atoms with Crippen molar-refractivity contribution in [2.24, 2.45) is 0 Å². The third-order valence-corrected chi connectivity index (χ3v) is 7.63. The molecule has 0 bridgehead atoms. The fraction of sp³-hybridized carbons (Fsp3) is 0.409. The quantitative estimate of drug-likeness (QED) is 0.268. The van der Waals surface area contributed by atoms with Gasteiger partial charge >= 0.3 is 5.97 Å². The number of halogens is 1. The SMILES string of the molecule is CCOC(=O)c1sc2nc(SCc3ccc(Cl)cc3)n(C[C@@H]3CCCO3)c(=O)c2c1C. The summed E-state index contributed by atoms with van der Waals surface area (Å²) >= 11 is 8.70. The van der Waals surface area contributed by atoms with Crippen LogP contribution in [0.25, 0.3) is 10.2 Å². The van der Waals surface area contributed by atoms with Gasteiger partial charge in [-0.25, -0.2) is 9.78 Å². The number of nitrogens with zero attached hydrogens (tertiary/aromatic N) is 2. The molecule has 0 N–H and O–H groups in total. The Bertz CT molecular complexity index is 1150. The van der Waals surface area contributed by atoms with E-state index >= 15 is 0 Å². The van der Waals surface area contributed by atoms with Crippen LogP contribution in [0.4, 0.5) is 0 Å². The fourth-order valence-electron chi connectivity index (χ4n) is 3.58. The molecule has 0 unspecified atom stereocenters. The highest BCUT2D eigenvalue weighted by molar-refractivity contribution is 7.98. The lowest BCUT2D eigenvalue weighted by atomic mass is 10.2. The van der Waals surface area contributed by atoms with E-state index < -0.39 is 5.97 Å². The van der Waals surface area contributed by atoms with E-state index in [2.05, 4.69) is 0 Å². The highest BCUT2D eigenvalue weighted by atomic mass is 35.5. The Morgan fingerprint density at radius 3 is 2.84 bits per heavy atom. The number of hydrogen-bond acceptors (Lipinski definition) is 7. The second kappa shape index (κ2) is 9.73. The molecule has 4 rings (SSSR count). The van der Waals surface area contributed by atoms with Gasteiger partial charge in [-0.15, -0.1) is 11.3 Å². The lowest BCUT2D eigenvalue weighted by Gasteiger charge is -2.16. The van der Waals surface area contributed by atoms with Gasteiger partial charge in [0, 0.05) is 17.4 Å². The van der Waals surface area contributed by atoms with Gasteiger partial charge in [0.2, 0.25) is 0 Å². The van der Waals surface area contributed by atoms with Crippen LogP contribution in [0.5, 0.6) is 0 Å². The number of rotatable bonds is 7. The van der Waals surface area contributed by atoms with Crippen LogP contribution in [0.2, 0.25) is 5.02 Å². The Morgan fingerprint density at radius 1 is 1.39 bits per heavy atom. The molecule has 1 aliphatic rings. The number of fused-ring (bicyclic) bond motifs is 1. The smallest absolute Gasteiger partial charge is 0.348 e. The van der Waals surface area contributed by atoms with E-state index in [-0.39, 0.29) is 18.3 Å². The summed E-state index contributed by atoms with van der Waals surface area (Å²) in [5.41, 5.74) is 1.58. The Labute approximate surface area is 193 Å². The molecule has 3 aromatic rings. The number of hydrogen-bond donors (Lipinski definition) is 0. The number of thiophene rings is 1. The number of aryl methyl sites for hydroxylation is 1. The molecule has 1 aromatic carbocycles. The molecule has 0 saturated carbocycles. The summed E-state index contributed by atoms with van der Waals surface area (Å²) in [5, 5.41) is 1.80. The third-order valence-electron chi connectivity index (χ3n) is 5.17. The summed E-state index contributed by atoms with van der Waals surface area (Å²) in [4.78, 5) is 31.6. The van der Waals surface area contributed by atoms with E-state index in [9.17, 15) is 9.59 Å². The molecule has 0 spiro atoms. The fourth-order valence-corrected chi connectivity index (χ4v) is 5.79. The van der Waals surface area contributed by atoms with Gasteiger partial charge in [0.25, 0.3) is 5.56 Å². The molecule has 1 saturated heterocycles. The van der Waals surface area contributed by atoms with Gasteiger partial charge in [-0.1, -0.05) is 35.5 Å². The molecule has 1 atom stereocenters. The molecule has 164 valence electrons. The molecule has 3 heterocycles. The highest BCUT2D eigenvalue weighted by Crippen LogP contribution is 2.31. The third kappa shape index (κ3) is 4.82. The van der Waals surface area contributed by atoms with Crippen molar-refractivity contribution in [1.82, 2.24) is 9.55 Å². The van der Waals surface area contributed by atoms with Gasteiger partial charge in [0.15, 0.2) is 5.16 Å². The monoisotopic (exact) mass is 478 g/mol. The minimum Gasteiger partial charge on any atom is -0.462 e. The van der Waals surface area contributed by atoms with Crippen molar-refractivity contribution < 1.29 is 14.3 Å². The topological polar surface area (TPSA) is 70.4 Å². The van der Waals surface area contributed by atoms with Crippen LogP contribution in [-0.2, 0) is 21.8 Å². The Kier molecular flexibility index (Phi) is 7.01. The summed E-state index contributed by atoms with van der Waals surface area (Å²) in [6.07, 6.45) is 1.91. The molecule has 0 amide bonds. The van der Waals surface area contributed by atoms with E-state index in [0.717, 1.165) is 18.4 Å². The van der Waals surface area contributed by atoms with Gasteiger partial charge in [-0.2, -0.15) is 0 Å². The lowest BCUT2D eigenvalue weighted by molar-refractivity contribution is 0.0531. The van der Waals surface area contributed by atoms with Crippen molar-refractivity contribution >= 4 is 50.9 Å². The maximum Gasteiger partial charge on any atom is 0.348 e. The van der Waals surface area contributed by atoms with Gasteiger partial charge in [0.05, 0.1) is 24.6 Å². The van der Waals surface area contributed by atoms with E-state index in [4.69, 9.17) is 26.1 Å². The summed E-state index contributed by atoms with van der Waals surface area (Å²) in [5.74, 6) is 0.235. The zero-order chi connectivity index (χ0) is 22.0. The maximum absolute atomic E-state index is 13.5. The number of thioether (sulfide) groups is 1. The molecule has 2 aromatic heterocycles. The molecule has 9 heteroatoms. The van der Waals surface area contributed by atoms with E-state index in [1.165, 1.54) is 23.1 Å². The molecule has 0 aliphatic carbocycles. The van der Waals surface area contributed by atoms with Gasteiger partial charge in [0.1, 0.15) is 9.71 Å². The Hall–Kier alpha value is -1.87. The van der Waals surface area contributed by atoms with Crippen LogP contribution in [0.15, 0.2) is 34.2 Å². The molecule has 1 fully saturated rings. The minimum atomic E-state index is -0.413. The number of carbonyl (C=O) groups is 1. The number of ether oxygens (including phenoxy) is 2.